The molecule has 0 radical (unpaired) electrons. The fourth-order valence-corrected chi connectivity index (χ4v) is 2.50. The summed E-state index contributed by atoms with van der Waals surface area (Å²) in [4.78, 5) is 2.19. The van der Waals surface area contributed by atoms with Crippen molar-refractivity contribution in [3.63, 3.8) is 0 Å². The minimum atomic E-state index is -0.520. The Morgan fingerprint density at radius 2 is 2.06 bits per heavy atom. The molecule has 1 aliphatic rings. The van der Waals surface area contributed by atoms with Gasteiger partial charge in [-0.15, -0.1) is 0 Å². The summed E-state index contributed by atoms with van der Waals surface area (Å²) in [6, 6.07) is 4.15. The van der Waals surface area contributed by atoms with Crippen LogP contribution in [0.2, 0.25) is 0 Å². The van der Waals surface area contributed by atoms with Crippen LogP contribution in [0.25, 0.3) is 0 Å². The van der Waals surface area contributed by atoms with E-state index in [1.165, 1.54) is 12.1 Å². The lowest BCUT2D eigenvalue weighted by molar-refractivity contribution is 0.183. The van der Waals surface area contributed by atoms with Crippen LogP contribution in [0.3, 0.4) is 0 Å². The van der Waals surface area contributed by atoms with Crippen molar-refractivity contribution >= 4 is 0 Å². The molecule has 0 aliphatic heterocycles. The molecule has 2 rings (SSSR count). The lowest BCUT2D eigenvalue weighted by Gasteiger charge is -2.35. The minimum Gasteiger partial charge on any atom is -0.328 e. The number of likely N-dealkylation sites (N-methyl/N-ethyl adjacent to an activating group) is 1. The molecule has 0 aromatic heterocycles. The molecule has 4 heteroatoms. The van der Waals surface area contributed by atoms with Crippen molar-refractivity contribution in [1.29, 1.82) is 0 Å². The van der Waals surface area contributed by atoms with Gasteiger partial charge in [0, 0.05) is 25.2 Å². The van der Waals surface area contributed by atoms with Crippen LogP contribution in [0.5, 0.6) is 0 Å². The number of halogens is 2. The first-order valence-corrected chi connectivity index (χ1v) is 6.42. The van der Waals surface area contributed by atoms with Crippen molar-refractivity contribution in [1.82, 2.24) is 4.90 Å². The lowest BCUT2D eigenvalue weighted by atomic mass is 9.80. The maximum atomic E-state index is 13.4. The highest BCUT2D eigenvalue weighted by Gasteiger charge is 2.26. The molecule has 2 N–H and O–H groups in total. The van der Waals surface area contributed by atoms with Gasteiger partial charge in [-0.25, -0.2) is 8.78 Å². The molecule has 18 heavy (non-hydrogen) atoms. The topological polar surface area (TPSA) is 29.3 Å². The normalized spacial score (nSPS) is 23.2. The van der Waals surface area contributed by atoms with E-state index in [0.717, 1.165) is 32.0 Å². The SMILES string of the molecule is CN(CCc1ccc(F)cc1F)CC1CC(N)C1. The van der Waals surface area contributed by atoms with Crippen molar-refractivity contribution in [3.05, 3.63) is 35.4 Å². The molecule has 1 saturated carbocycles. The van der Waals surface area contributed by atoms with E-state index < -0.39 is 11.6 Å². The first kappa shape index (κ1) is 13.4. The molecule has 1 aromatic carbocycles. The van der Waals surface area contributed by atoms with Gasteiger partial charge in [0.2, 0.25) is 0 Å². The van der Waals surface area contributed by atoms with Crippen LogP contribution in [0.1, 0.15) is 18.4 Å². The summed E-state index contributed by atoms with van der Waals surface area (Å²) in [5.41, 5.74) is 6.32. The molecule has 100 valence electrons. The summed E-state index contributed by atoms with van der Waals surface area (Å²) < 4.78 is 26.2. The Morgan fingerprint density at radius 1 is 1.33 bits per heavy atom. The molecule has 0 unspecified atom stereocenters. The number of hydrogen-bond acceptors (Lipinski definition) is 2. The summed E-state index contributed by atoms with van der Waals surface area (Å²) in [6.07, 6.45) is 2.80. The molecule has 1 aromatic rings. The third-order valence-corrected chi connectivity index (χ3v) is 3.62. The highest BCUT2D eigenvalue weighted by molar-refractivity contribution is 5.18. The predicted molar refractivity (Wildman–Crippen MR) is 68.3 cm³/mol. The number of rotatable bonds is 5. The van der Waals surface area contributed by atoms with Gasteiger partial charge in [-0.2, -0.15) is 0 Å². The summed E-state index contributed by atoms with van der Waals surface area (Å²) in [5, 5.41) is 0. The van der Waals surface area contributed by atoms with Crippen LogP contribution in [-0.4, -0.2) is 31.1 Å². The Bertz CT molecular complexity index is 403. The molecular weight excluding hydrogens is 234 g/mol. The average molecular weight is 254 g/mol. The van der Waals surface area contributed by atoms with Crippen LogP contribution in [0.4, 0.5) is 8.78 Å². The maximum Gasteiger partial charge on any atom is 0.129 e. The van der Waals surface area contributed by atoms with Gasteiger partial charge in [0.05, 0.1) is 0 Å². The summed E-state index contributed by atoms with van der Waals surface area (Å²) >= 11 is 0. The third-order valence-electron chi connectivity index (χ3n) is 3.62. The van der Waals surface area contributed by atoms with Crippen molar-refractivity contribution < 1.29 is 8.78 Å². The summed E-state index contributed by atoms with van der Waals surface area (Å²) in [5.74, 6) is -0.287. The van der Waals surface area contributed by atoms with Gasteiger partial charge < -0.3 is 10.6 Å². The zero-order valence-corrected chi connectivity index (χ0v) is 10.7. The van der Waals surface area contributed by atoms with Crippen LogP contribution >= 0.6 is 0 Å². The standard InChI is InChI=1S/C14H20F2N2/c1-18(9-10-6-13(17)7-10)5-4-11-2-3-12(15)8-14(11)16/h2-3,8,10,13H,4-7,9,17H2,1H3. The van der Waals surface area contributed by atoms with Crippen molar-refractivity contribution in [3.8, 4) is 0 Å². The fraction of sp³-hybridized carbons (Fsp3) is 0.571. The Balaban J connectivity index is 1.76. The molecule has 0 atom stereocenters. The van der Waals surface area contributed by atoms with Crippen LogP contribution in [-0.2, 0) is 6.42 Å². The molecule has 0 spiro atoms. The van der Waals surface area contributed by atoms with E-state index in [0.29, 0.717) is 23.9 Å². The lowest BCUT2D eigenvalue weighted by Crippen LogP contribution is -2.42. The molecule has 1 fully saturated rings. The average Bonchev–Trinajstić information content (AvgIpc) is 2.26. The molecule has 2 nitrogen and oxygen atoms in total. The second-order valence-electron chi connectivity index (χ2n) is 5.35. The number of benzene rings is 1. The largest absolute Gasteiger partial charge is 0.328 e. The number of nitrogens with two attached hydrogens (primary N) is 1. The molecule has 0 saturated heterocycles. The monoisotopic (exact) mass is 254 g/mol. The molecule has 0 bridgehead atoms. The highest BCUT2D eigenvalue weighted by atomic mass is 19.1. The molecule has 0 heterocycles. The van der Waals surface area contributed by atoms with Gasteiger partial charge in [-0.1, -0.05) is 6.07 Å². The Hall–Kier alpha value is -1.00. The van der Waals surface area contributed by atoms with Crippen LogP contribution in [0.15, 0.2) is 18.2 Å². The fourth-order valence-electron chi connectivity index (χ4n) is 2.50. The maximum absolute atomic E-state index is 13.4. The van der Waals surface area contributed by atoms with E-state index in [1.807, 2.05) is 7.05 Å². The van der Waals surface area contributed by atoms with E-state index in [9.17, 15) is 8.78 Å². The van der Waals surface area contributed by atoms with Gasteiger partial charge in [0.1, 0.15) is 11.6 Å². The van der Waals surface area contributed by atoms with Crippen molar-refractivity contribution in [2.45, 2.75) is 25.3 Å². The van der Waals surface area contributed by atoms with Gasteiger partial charge in [-0.05, 0) is 43.9 Å². The molecule has 1 aliphatic carbocycles. The summed E-state index contributed by atoms with van der Waals surface area (Å²) in [6.45, 7) is 1.80. The van der Waals surface area contributed by atoms with Crippen LogP contribution < -0.4 is 5.73 Å². The Morgan fingerprint density at radius 3 is 2.67 bits per heavy atom. The third kappa shape index (κ3) is 3.50. The van der Waals surface area contributed by atoms with Crippen molar-refractivity contribution in [2.75, 3.05) is 20.1 Å². The van der Waals surface area contributed by atoms with E-state index >= 15 is 0 Å². The van der Waals surface area contributed by atoms with Gasteiger partial charge in [0.15, 0.2) is 0 Å². The highest BCUT2D eigenvalue weighted by Crippen LogP contribution is 2.26. The van der Waals surface area contributed by atoms with Crippen molar-refractivity contribution in [2.24, 2.45) is 11.7 Å². The molecular formula is C14H20F2N2. The van der Waals surface area contributed by atoms with Gasteiger partial charge in [-0.3, -0.25) is 0 Å². The van der Waals surface area contributed by atoms with Gasteiger partial charge in [0.25, 0.3) is 0 Å². The smallest absolute Gasteiger partial charge is 0.129 e. The first-order valence-electron chi connectivity index (χ1n) is 6.42. The second kappa shape index (κ2) is 5.76. The van der Waals surface area contributed by atoms with E-state index in [1.54, 1.807) is 0 Å². The number of hydrogen-bond donors (Lipinski definition) is 1. The van der Waals surface area contributed by atoms with Crippen LogP contribution in [0, 0.1) is 17.6 Å². The van der Waals surface area contributed by atoms with Gasteiger partial charge >= 0.3 is 0 Å². The Kier molecular flexibility index (Phi) is 4.30. The number of nitrogens with zero attached hydrogens (tertiary/aromatic N) is 1. The first-order chi connectivity index (χ1) is 8.54. The van der Waals surface area contributed by atoms with E-state index in [2.05, 4.69) is 4.90 Å². The second-order valence-corrected chi connectivity index (χ2v) is 5.35. The quantitative estimate of drug-likeness (QED) is 0.872. The van der Waals surface area contributed by atoms with E-state index in [4.69, 9.17) is 5.73 Å². The van der Waals surface area contributed by atoms with E-state index in [-0.39, 0.29) is 0 Å². The molecule has 0 amide bonds. The minimum absolute atomic E-state index is 0.373. The summed E-state index contributed by atoms with van der Waals surface area (Å²) in [7, 11) is 2.03. The Labute approximate surface area is 107 Å². The zero-order valence-electron chi connectivity index (χ0n) is 10.7. The predicted octanol–water partition coefficient (Wildman–Crippen LogP) is 2.18. The zero-order chi connectivity index (χ0) is 13.1.